The van der Waals surface area contributed by atoms with Gasteiger partial charge >= 0.3 is 5.97 Å². The Morgan fingerprint density at radius 2 is 1.96 bits per heavy atom. The summed E-state index contributed by atoms with van der Waals surface area (Å²) in [6, 6.07) is 11.1. The Morgan fingerprint density at radius 3 is 2.52 bits per heavy atom. The first-order chi connectivity index (χ1) is 11.2. The molecule has 1 aromatic rings. The third-order valence-electron chi connectivity index (χ3n) is 3.77. The molecule has 0 N–H and O–H groups in total. The summed E-state index contributed by atoms with van der Waals surface area (Å²) in [5.41, 5.74) is 1.07. The highest BCUT2D eigenvalue weighted by molar-refractivity contribution is 6.01. The van der Waals surface area contributed by atoms with E-state index in [-0.39, 0.29) is 12.5 Å². The topological polar surface area (TPSA) is 70.4 Å². The number of rotatable bonds is 5. The van der Waals surface area contributed by atoms with E-state index in [1.54, 1.807) is 24.0 Å². The maximum atomic E-state index is 12.6. The molecule has 1 aliphatic heterocycles. The van der Waals surface area contributed by atoms with Crippen molar-refractivity contribution in [2.75, 3.05) is 19.7 Å². The first-order valence-corrected chi connectivity index (χ1v) is 7.79. The van der Waals surface area contributed by atoms with Gasteiger partial charge in [0, 0.05) is 19.2 Å². The second kappa shape index (κ2) is 8.14. The van der Waals surface area contributed by atoms with Crippen molar-refractivity contribution in [2.45, 2.75) is 19.8 Å². The second-order valence-corrected chi connectivity index (χ2v) is 5.31. The van der Waals surface area contributed by atoms with Crippen LogP contribution >= 0.6 is 0 Å². The summed E-state index contributed by atoms with van der Waals surface area (Å²) >= 11 is 0. The molecule has 1 aliphatic rings. The molecule has 0 saturated carbocycles. The molecule has 0 radical (unpaired) electrons. The number of nitriles is 1. The third kappa shape index (κ3) is 4.19. The molecule has 1 unspecified atom stereocenters. The van der Waals surface area contributed by atoms with Crippen molar-refractivity contribution < 1.29 is 14.3 Å². The van der Waals surface area contributed by atoms with Gasteiger partial charge in [-0.1, -0.05) is 30.3 Å². The predicted molar refractivity (Wildman–Crippen MR) is 86.0 cm³/mol. The van der Waals surface area contributed by atoms with E-state index in [1.165, 1.54) is 6.08 Å². The largest absolute Gasteiger partial charge is 0.463 e. The molecule has 1 aromatic carbocycles. The first-order valence-electron chi connectivity index (χ1n) is 7.79. The van der Waals surface area contributed by atoms with Crippen molar-refractivity contribution in [1.82, 2.24) is 4.90 Å². The van der Waals surface area contributed by atoms with Crippen LogP contribution in [0.3, 0.4) is 0 Å². The number of hydrogen-bond donors (Lipinski definition) is 0. The lowest BCUT2D eigenvalue weighted by Crippen LogP contribution is -2.34. The predicted octanol–water partition coefficient (Wildman–Crippen LogP) is 2.40. The average molecular weight is 312 g/mol. The van der Waals surface area contributed by atoms with Crippen LogP contribution in [0.15, 0.2) is 36.4 Å². The minimum Gasteiger partial charge on any atom is -0.463 e. The molecule has 0 spiro atoms. The molecular weight excluding hydrogens is 292 g/mol. The van der Waals surface area contributed by atoms with Crippen LogP contribution in [0.5, 0.6) is 0 Å². The monoisotopic (exact) mass is 312 g/mol. The van der Waals surface area contributed by atoms with Crippen molar-refractivity contribution in [3.05, 3.63) is 42.0 Å². The zero-order valence-electron chi connectivity index (χ0n) is 13.2. The number of carbonyl (C=O) groups is 2. The van der Waals surface area contributed by atoms with E-state index >= 15 is 0 Å². The van der Waals surface area contributed by atoms with Gasteiger partial charge in [0.2, 0.25) is 5.91 Å². The van der Waals surface area contributed by atoms with E-state index in [0.717, 1.165) is 12.8 Å². The van der Waals surface area contributed by atoms with Crippen LogP contribution in [0.4, 0.5) is 0 Å². The van der Waals surface area contributed by atoms with E-state index in [0.29, 0.717) is 24.2 Å². The van der Waals surface area contributed by atoms with Gasteiger partial charge < -0.3 is 9.64 Å². The molecule has 1 heterocycles. The van der Waals surface area contributed by atoms with Crippen molar-refractivity contribution >= 4 is 17.4 Å². The quantitative estimate of drug-likeness (QED) is 0.618. The summed E-state index contributed by atoms with van der Waals surface area (Å²) in [4.78, 5) is 26.2. The standard InChI is InChI=1S/C18H20N2O3/c1-2-23-17(21)12-15(14-8-4-3-5-9-14)16(13-19)18(22)20-10-6-7-11-20/h3-5,8-9,12,16H,2,6-7,10-11H2,1H3. The van der Waals surface area contributed by atoms with Gasteiger partial charge in [0.05, 0.1) is 12.7 Å². The molecule has 2 rings (SSSR count). The minimum absolute atomic E-state index is 0.245. The molecule has 5 heteroatoms. The summed E-state index contributed by atoms with van der Waals surface area (Å²) in [6.45, 7) is 3.29. The van der Waals surface area contributed by atoms with Gasteiger partial charge in [0.15, 0.2) is 5.92 Å². The first kappa shape index (κ1) is 16.8. The molecule has 1 amide bonds. The molecule has 1 fully saturated rings. The lowest BCUT2D eigenvalue weighted by atomic mass is 9.92. The minimum atomic E-state index is -1.00. The highest BCUT2D eigenvalue weighted by atomic mass is 16.5. The van der Waals surface area contributed by atoms with Gasteiger partial charge in [-0.15, -0.1) is 0 Å². The number of amides is 1. The molecule has 0 aromatic heterocycles. The molecule has 23 heavy (non-hydrogen) atoms. The van der Waals surface area contributed by atoms with Crippen LogP contribution in [0, 0.1) is 17.2 Å². The van der Waals surface area contributed by atoms with E-state index in [9.17, 15) is 14.9 Å². The van der Waals surface area contributed by atoms with Gasteiger partial charge in [-0.25, -0.2) is 4.79 Å². The summed E-state index contributed by atoms with van der Waals surface area (Å²) in [5.74, 6) is -1.79. The van der Waals surface area contributed by atoms with Gasteiger partial charge in [-0.3, -0.25) is 4.79 Å². The van der Waals surface area contributed by atoms with Crippen LogP contribution in [0.2, 0.25) is 0 Å². The van der Waals surface area contributed by atoms with Crippen molar-refractivity contribution in [2.24, 2.45) is 5.92 Å². The van der Waals surface area contributed by atoms with Crippen LogP contribution in [0.25, 0.3) is 5.57 Å². The Hall–Kier alpha value is -2.61. The highest BCUT2D eigenvalue weighted by Gasteiger charge is 2.30. The Bertz CT molecular complexity index is 625. The molecule has 5 nitrogen and oxygen atoms in total. The number of likely N-dealkylation sites (tertiary alicyclic amines) is 1. The van der Waals surface area contributed by atoms with Crippen molar-refractivity contribution in [1.29, 1.82) is 5.26 Å². The summed E-state index contributed by atoms with van der Waals surface area (Å²) < 4.78 is 4.94. The second-order valence-electron chi connectivity index (χ2n) is 5.31. The summed E-state index contributed by atoms with van der Waals surface area (Å²) in [7, 11) is 0. The Labute approximate surface area is 136 Å². The number of benzene rings is 1. The van der Waals surface area contributed by atoms with Gasteiger partial charge in [-0.05, 0) is 30.9 Å². The van der Waals surface area contributed by atoms with Gasteiger partial charge in [0.25, 0.3) is 0 Å². The van der Waals surface area contributed by atoms with Gasteiger partial charge in [-0.2, -0.15) is 5.26 Å². The fraction of sp³-hybridized carbons (Fsp3) is 0.389. The fourth-order valence-electron chi connectivity index (χ4n) is 2.65. The van der Waals surface area contributed by atoms with E-state index in [2.05, 4.69) is 6.07 Å². The van der Waals surface area contributed by atoms with Crippen molar-refractivity contribution in [3.8, 4) is 6.07 Å². The smallest absolute Gasteiger partial charge is 0.331 e. The third-order valence-corrected chi connectivity index (χ3v) is 3.77. The fourth-order valence-corrected chi connectivity index (χ4v) is 2.65. The molecule has 0 bridgehead atoms. The Morgan fingerprint density at radius 1 is 1.30 bits per heavy atom. The number of carbonyl (C=O) groups excluding carboxylic acids is 2. The van der Waals surface area contributed by atoms with E-state index < -0.39 is 11.9 Å². The number of hydrogen-bond acceptors (Lipinski definition) is 4. The van der Waals surface area contributed by atoms with Gasteiger partial charge in [0.1, 0.15) is 0 Å². The molecule has 1 atom stereocenters. The Kier molecular flexibility index (Phi) is 5.93. The van der Waals surface area contributed by atoms with E-state index in [1.807, 2.05) is 18.2 Å². The normalized spacial score (nSPS) is 15.8. The summed E-state index contributed by atoms with van der Waals surface area (Å²) in [5, 5.41) is 9.54. The van der Waals surface area contributed by atoms with E-state index in [4.69, 9.17) is 4.74 Å². The SMILES string of the molecule is CCOC(=O)C=C(c1ccccc1)C(C#N)C(=O)N1CCCC1. The van der Waals surface area contributed by atoms with Crippen LogP contribution in [-0.2, 0) is 14.3 Å². The maximum Gasteiger partial charge on any atom is 0.331 e. The van der Waals surface area contributed by atoms with Crippen molar-refractivity contribution in [3.63, 3.8) is 0 Å². The highest BCUT2D eigenvalue weighted by Crippen LogP contribution is 2.26. The average Bonchev–Trinajstić information content (AvgIpc) is 3.10. The van der Waals surface area contributed by atoms with Crippen LogP contribution < -0.4 is 0 Å². The lowest BCUT2D eigenvalue weighted by molar-refractivity contribution is -0.137. The summed E-state index contributed by atoms with van der Waals surface area (Å²) in [6.07, 6.45) is 3.17. The van der Waals surface area contributed by atoms with Crippen LogP contribution in [0.1, 0.15) is 25.3 Å². The number of ether oxygens (including phenoxy) is 1. The molecular formula is C18H20N2O3. The Balaban J connectivity index is 2.36. The molecule has 1 saturated heterocycles. The lowest BCUT2D eigenvalue weighted by Gasteiger charge is -2.21. The zero-order chi connectivity index (χ0) is 16.7. The maximum absolute atomic E-state index is 12.6. The van der Waals surface area contributed by atoms with Crippen LogP contribution in [-0.4, -0.2) is 36.5 Å². The zero-order valence-corrected chi connectivity index (χ0v) is 13.2. The molecule has 0 aliphatic carbocycles. The number of nitrogens with zero attached hydrogens (tertiary/aromatic N) is 2. The number of esters is 1. The molecule has 120 valence electrons.